The predicted molar refractivity (Wildman–Crippen MR) is 50.6 cm³/mol. The summed E-state index contributed by atoms with van der Waals surface area (Å²) in [6, 6.07) is 0.523. The van der Waals surface area contributed by atoms with E-state index in [-0.39, 0.29) is 0 Å². The molecule has 0 rings (SSSR count). The first-order valence-electron chi connectivity index (χ1n) is 4.73. The van der Waals surface area contributed by atoms with Crippen LogP contribution < -0.4 is 11.1 Å². The van der Waals surface area contributed by atoms with E-state index in [1.165, 1.54) is 12.8 Å². The molecule has 0 aliphatic heterocycles. The average molecular weight is 158 g/mol. The van der Waals surface area contributed by atoms with Crippen LogP contribution >= 0.6 is 0 Å². The molecular weight excluding hydrogens is 136 g/mol. The maximum atomic E-state index is 5.65. The van der Waals surface area contributed by atoms with Crippen molar-refractivity contribution in [2.75, 3.05) is 13.1 Å². The van der Waals surface area contributed by atoms with E-state index in [4.69, 9.17) is 5.73 Å². The Bertz CT molecular complexity index is 79.6. The zero-order valence-corrected chi connectivity index (χ0v) is 8.06. The van der Waals surface area contributed by atoms with Gasteiger partial charge in [0.25, 0.3) is 0 Å². The molecule has 1 unspecified atom stereocenters. The second-order valence-electron chi connectivity index (χ2n) is 2.98. The minimum atomic E-state index is 0.523. The van der Waals surface area contributed by atoms with E-state index in [2.05, 4.69) is 26.1 Å². The Kier molecular flexibility index (Phi) is 6.57. The van der Waals surface area contributed by atoms with E-state index >= 15 is 0 Å². The van der Waals surface area contributed by atoms with Crippen LogP contribution in [0, 0.1) is 5.92 Å². The maximum absolute atomic E-state index is 5.65. The summed E-state index contributed by atoms with van der Waals surface area (Å²) in [7, 11) is 0. The van der Waals surface area contributed by atoms with Crippen molar-refractivity contribution in [1.29, 1.82) is 0 Å². The summed E-state index contributed by atoms with van der Waals surface area (Å²) in [4.78, 5) is 0. The zero-order chi connectivity index (χ0) is 8.69. The van der Waals surface area contributed by atoms with Crippen LogP contribution in [0.5, 0.6) is 0 Å². The summed E-state index contributed by atoms with van der Waals surface area (Å²) >= 11 is 0. The Balaban J connectivity index is 3.76. The highest BCUT2D eigenvalue weighted by molar-refractivity contribution is 4.74. The number of nitrogens with one attached hydrogen (secondary N) is 1. The second-order valence-corrected chi connectivity index (χ2v) is 2.98. The summed E-state index contributed by atoms with van der Waals surface area (Å²) in [5.74, 6) is 0.750. The van der Waals surface area contributed by atoms with Crippen LogP contribution in [0.2, 0.25) is 0 Å². The third kappa shape index (κ3) is 3.73. The van der Waals surface area contributed by atoms with Gasteiger partial charge in [-0.05, 0) is 12.5 Å². The maximum Gasteiger partial charge on any atom is 0.0218 e. The lowest BCUT2D eigenvalue weighted by molar-refractivity contribution is 0.345. The molecule has 3 N–H and O–H groups in total. The number of likely N-dealkylation sites (N-methyl/N-ethyl adjacent to an activating group) is 1. The van der Waals surface area contributed by atoms with Crippen LogP contribution in [0.15, 0.2) is 0 Å². The van der Waals surface area contributed by atoms with Crippen molar-refractivity contribution in [1.82, 2.24) is 5.32 Å². The van der Waals surface area contributed by atoms with Gasteiger partial charge in [-0.1, -0.05) is 33.6 Å². The van der Waals surface area contributed by atoms with Crippen LogP contribution in [0.3, 0.4) is 0 Å². The fourth-order valence-corrected chi connectivity index (χ4v) is 1.56. The fourth-order valence-electron chi connectivity index (χ4n) is 1.56. The molecule has 0 fully saturated rings. The number of rotatable bonds is 6. The molecule has 0 radical (unpaired) electrons. The average Bonchev–Trinajstić information content (AvgIpc) is 2.05. The molecule has 0 bridgehead atoms. The fraction of sp³-hybridized carbons (Fsp3) is 1.00. The summed E-state index contributed by atoms with van der Waals surface area (Å²) in [5, 5.41) is 3.41. The molecule has 0 spiro atoms. The van der Waals surface area contributed by atoms with E-state index in [0.29, 0.717) is 6.04 Å². The standard InChI is InChI=1S/C9H22N2/c1-4-8(5-2)9(7-10)11-6-3/h8-9,11H,4-7,10H2,1-3H3. The molecule has 0 aromatic carbocycles. The third-order valence-corrected chi connectivity index (χ3v) is 2.34. The van der Waals surface area contributed by atoms with Gasteiger partial charge >= 0.3 is 0 Å². The second kappa shape index (κ2) is 6.62. The molecule has 2 heteroatoms. The summed E-state index contributed by atoms with van der Waals surface area (Å²) < 4.78 is 0. The molecular formula is C9H22N2. The Labute approximate surface area is 70.5 Å². The first kappa shape index (κ1) is 10.9. The van der Waals surface area contributed by atoms with Gasteiger partial charge in [-0.25, -0.2) is 0 Å². The van der Waals surface area contributed by atoms with Crippen molar-refractivity contribution in [2.45, 2.75) is 39.7 Å². The molecule has 0 aliphatic carbocycles. The normalized spacial score (nSPS) is 13.9. The van der Waals surface area contributed by atoms with Crippen molar-refractivity contribution in [3.63, 3.8) is 0 Å². The van der Waals surface area contributed by atoms with Gasteiger partial charge in [0.1, 0.15) is 0 Å². The van der Waals surface area contributed by atoms with Gasteiger partial charge in [-0.15, -0.1) is 0 Å². The summed E-state index contributed by atoms with van der Waals surface area (Å²) in [6.07, 6.45) is 2.46. The Morgan fingerprint density at radius 1 is 1.18 bits per heavy atom. The largest absolute Gasteiger partial charge is 0.329 e. The van der Waals surface area contributed by atoms with Crippen molar-refractivity contribution in [2.24, 2.45) is 11.7 Å². The van der Waals surface area contributed by atoms with Gasteiger partial charge in [0.15, 0.2) is 0 Å². The minimum Gasteiger partial charge on any atom is -0.329 e. The SMILES string of the molecule is CCNC(CN)C(CC)CC. The smallest absolute Gasteiger partial charge is 0.0218 e. The van der Waals surface area contributed by atoms with E-state index in [9.17, 15) is 0 Å². The lowest BCUT2D eigenvalue weighted by Crippen LogP contribution is -2.41. The Morgan fingerprint density at radius 2 is 1.73 bits per heavy atom. The molecule has 0 saturated heterocycles. The van der Waals surface area contributed by atoms with E-state index in [1.54, 1.807) is 0 Å². The molecule has 2 nitrogen and oxygen atoms in total. The quantitative estimate of drug-likeness (QED) is 0.612. The van der Waals surface area contributed by atoms with Crippen LogP contribution in [0.25, 0.3) is 0 Å². The van der Waals surface area contributed by atoms with E-state index < -0.39 is 0 Å². The zero-order valence-electron chi connectivity index (χ0n) is 8.06. The summed E-state index contributed by atoms with van der Waals surface area (Å²) in [6.45, 7) is 8.38. The monoisotopic (exact) mass is 158 g/mol. The van der Waals surface area contributed by atoms with Gasteiger partial charge in [-0.2, -0.15) is 0 Å². The molecule has 68 valence electrons. The third-order valence-electron chi connectivity index (χ3n) is 2.34. The molecule has 0 amide bonds. The van der Waals surface area contributed by atoms with Crippen LogP contribution in [0.1, 0.15) is 33.6 Å². The topological polar surface area (TPSA) is 38.0 Å². The Hall–Kier alpha value is -0.0800. The van der Waals surface area contributed by atoms with E-state index in [1.807, 2.05) is 0 Å². The molecule has 11 heavy (non-hydrogen) atoms. The van der Waals surface area contributed by atoms with Gasteiger partial charge in [0.05, 0.1) is 0 Å². The van der Waals surface area contributed by atoms with E-state index in [0.717, 1.165) is 19.0 Å². The minimum absolute atomic E-state index is 0.523. The molecule has 0 aromatic heterocycles. The molecule has 1 atom stereocenters. The van der Waals surface area contributed by atoms with Gasteiger partial charge < -0.3 is 11.1 Å². The summed E-state index contributed by atoms with van der Waals surface area (Å²) in [5.41, 5.74) is 5.65. The number of hydrogen-bond donors (Lipinski definition) is 2. The molecule has 0 saturated carbocycles. The Morgan fingerprint density at radius 3 is 2.00 bits per heavy atom. The van der Waals surface area contributed by atoms with Gasteiger partial charge in [-0.3, -0.25) is 0 Å². The first-order chi connectivity index (χ1) is 5.29. The first-order valence-corrected chi connectivity index (χ1v) is 4.73. The lowest BCUT2D eigenvalue weighted by atomic mass is 9.94. The van der Waals surface area contributed by atoms with Gasteiger partial charge in [0.2, 0.25) is 0 Å². The van der Waals surface area contributed by atoms with Crippen molar-refractivity contribution < 1.29 is 0 Å². The van der Waals surface area contributed by atoms with Gasteiger partial charge in [0, 0.05) is 12.6 Å². The van der Waals surface area contributed by atoms with Crippen molar-refractivity contribution >= 4 is 0 Å². The molecule has 0 heterocycles. The molecule has 0 aliphatic rings. The van der Waals surface area contributed by atoms with Crippen LogP contribution in [-0.4, -0.2) is 19.1 Å². The predicted octanol–water partition coefficient (Wildman–Crippen LogP) is 1.36. The lowest BCUT2D eigenvalue weighted by Gasteiger charge is -2.24. The van der Waals surface area contributed by atoms with Crippen molar-refractivity contribution in [3.8, 4) is 0 Å². The van der Waals surface area contributed by atoms with Crippen LogP contribution in [0.4, 0.5) is 0 Å². The number of nitrogens with two attached hydrogens (primary N) is 1. The highest BCUT2D eigenvalue weighted by atomic mass is 14.9. The highest BCUT2D eigenvalue weighted by Gasteiger charge is 2.14. The highest BCUT2D eigenvalue weighted by Crippen LogP contribution is 2.11. The molecule has 0 aromatic rings. The van der Waals surface area contributed by atoms with Crippen molar-refractivity contribution in [3.05, 3.63) is 0 Å². The number of hydrogen-bond acceptors (Lipinski definition) is 2. The van der Waals surface area contributed by atoms with Crippen LogP contribution in [-0.2, 0) is 0 Å².